The molecule has 9 rings (SSSR count). The van der Waals surface area contributed by atoms with E-state index in [2.05, 4.69) is 127 Å². The Labute approximate surface area is 284 Å². The van der Waals surface area contributed by atoms with E-state index in [9.17, 15) is 0 Å². The van der Waals surface area contributed by atoms with E-state index in [1.807, 2.05) is 48.5 Å². The molecule has 4 nitrogen and oxygen atoms in total. The van der Waals surface area contributed by atoms with Crippen molar-refractivity contribution >= 4 is 21.9 Å². The Balaban J connectivity index is 1.29. The normalized spacial score (nSPS) is 11.3. The van der Waals surface area contributed by atoms with E-state index in [0.717, 1.165) is 72.0 Å². The topological polar surface area (TPSA) is 51.8 Å². The first-order chi connectivity index (χ1) is 24.3. The predicted molar refractivity (Wildman–Crippen MR) is 200 cm³/mol. The summed E-state index contributed by atoms with van der Waals surface area (Å²) in [5.41, 5.74) is 10.9. The van der Waals surface area contributed by atoms with Crippen molar-refractivity contribution in [1.82, 2.24) is 15.0 Å². The summed E-state index contributed by atoms with van der Waals surface area (Å²) in [5.74, 6) is 1.75. The highest BCUT2D eigenvalue weighted by Gasteiger charge is 2.20. The van der Waals surface area contributed by atoms with Gasteiger partial charge in [0.05, 0.1) is 5.56 Å². The third kappa shape index (κ3) is 5.35. The molecule has 0 radical (unpaired) electrons. The van der Waals surface area contributed by atoms with Gasteiger partial charge in [0, 0.05) is 21.9 Å². The standard InChI is InChI=1S/C45H29N3O/c1-4-13-30(14-5-1)32-23-25-34(26-24-32)43-46-44(39-21-12-20-38-37-19-10-11-22-41(37)49-42(38)39)48-45(47-43)40-29-35(31-15-6-2-7-16-31)27-28-36(40)33-17-8-3-9-18-33/h1-29H. The molecule has 2 aromatic heterocycles. The van der Waals surface area contributed by atoms with Crippen molar-refractivity contribution in [2.75, 3.05) is 0 Å². The first-order valence-electron chi connectivity index (χ1n) is 16.4. The number of para-hydroxylation sites is 2. The van der Waals surface area contributed by atoms with Crippen LogP contribution in [-0.4, -0.2) is 15.0 Å². The summed E-state index contributed by atoms with van der Waals surface area (Å²) in [6.45, 7) is 0. The fourth-order valence-corrected chi connectivity index (χ4v) is 6.52. The van der Waals surface area contributed by atoms with Crippen LogP contribution in [0.4, 0.5) is 0 Å². The van der Waals surface area contributed by atoms with Gasteiger partial charge >= 0.3 is 0 Å². The minimum Gasteiger partial charge on any atom is -0.455 e. The number of fused-ring (bicyclic) bond motifs is 3. The van der Waals surface area contributed by atoms with Crippen molar-refractivity contribution in [2.45, 2.75) is 0 Å². The summed E-state index contributed by atoms with van der Waals surface area (Å²) in [6.07, 6.45) is 0. The van der Waals surface area contributed by atoms with Crippen LogP contribution in [0.1, 0.15) is 0 Å². The summed E-state index contributed by atoms with van der Waals surface area (Å²) in [4.78, 5) is 15.5. The number of aromatic nitrogens is 3. The molecule has 0 spiro atoms. The third-order valence-electron chi connectivity index (χ3n) is 8.98. The molecule has 7 aromatic carbocycles. The maximum atomic E-state index is 6.46. The Morgan fingerprint density at radius 3 is 1.53 bits per heavy atom. The van der Waals surface area contributed by atoms with Gasteiger partial charge in [0.25, 0.3) is 0 Å². The molecule has 0 bridgehead atoms. The zero-order valence-corrected chi connectivity index (χ0v) is 26.5. The van der Waals surface area contributed by atoms with Gasteiger partial charge in [-0.25, -0.2) is 15.0 Å². The summed E-state index contributed by atoms with van der Waals surface area (Å²) in [7, 11) is 0. The minimum atomic E-state index is 0.556. The second-order valence-electron chi connectivity index (χ2n) is 12.0. The maximum Gasteiger partial charge on any atom is 0.167 e. The smallest absolute Gasteiger partial charge is 0.167 e. The molecule has 0 amide bonds. The molecular formula is C45H29N3O. The Morgan fingerprint density at radius 2 is 0.816 bits per heavy atom. The molecule has 0 aliphatic rings. The van der Waals surface area contributed by atoms with Gasteiger partial charge in [-0.3, -0.25) is 0 Å². The summed E-state index contributed by atoms with van der Waals surface area (Å²) in [6, 6.07) is 60.4. The number of hydrogen-bond acceptors (Lipinski definition) is 4. The molecule has 9 aromatic rings. The summed E-state index contributed by atoms with van der Waals surface area (Å²) < 4.78 is 6.46. The largest absolute Gasteiger partial charge is 0.455 e. The summed E-state index contributed by atoms with van der Waals surface area (Å²) in [5, 5.41) is 2.09. The first kappa shape index (κ1) is 28.6. The van der Waals surface area contributed by atoms with Crippen LogP contribution in [0.2, 0.25) is 0 Å². The highest BCUT2D eigenvalue weighted by atomic mass is 16.3. The third-order valence-corrected chi connectivity index (χ3v) is 8.98. The van der Waals surface area contributed by atoms with E-state index in [4.69, 9.17) is 19.4 Å². The number of rotatable bonds is 6. The molecule has 0 fully saturated rings. The van der Waals surface area contributed by atoms with Gasteiger partial charge in [0.2, 0.25) is 0 Å². The first-order valence-corrected chi connectivity index (χ1v) is 16.4. The lowest BCUT2D eigenvalue weighted by atomic mass is 9.94. The van der Waals surface area contributed by atoms with E-state index in [-0.39, 0.29) is 0 Å². The quantitative estimate of drug-likeness (QED) is 0.184. The van der Waals surface area contributed by atoms with Crippen LogP contribution in [0, 0.1) is 0 Å². The van der Waals surface area contributed by atoms with Crippen molar-refractivity contribution < 1.29 is 4.42 Å². The van der Waals surface area contributed by atoms with Crippen LogP contribution in [0.15, 0.2) is 180 Å². The maximum absolute atomic E-state index is 6.46. The average molecular weight is 628 g/mol. The van der Waals surface area contributed by atoms with Gasteiger partial charge in [-0.15, -0.1) is 0 Å². The Bertz CT molecular complexity index is 2580. The van der Waals surface area contributed by atoms with Gasteiger partial charge in [-0.1, -0.05) is 158 Å². The van der Waals surface area contributed by atoms with E-state index in [0.29, 0.717) is 17.5 Å². The molecule has 0 N–H and O–H groups in total. The molecule has 49 heavy (non-hydrogen) atoms. The van der Waals surface area contributed by atoms with Gasteiger partial charge in [-0.05, 0) is 51.6 Å². The highest BCUT2D eigenvalue weighted by Crippen LogP contribution is 2.38. The molecule has 2 heterocycles. The van der Waals surface area contributed by atoms with Crippen molar-refractivity contribution in [3.05, 3.63) is 176 Å². The van der Waals surface area contributed by atoms with E-state index < -0.39 is 0 Å². The average Bonchev–Trinajstić information content (AvgIpc) is 3.58. The monoisotopic (exact) mass is 627 g/mol. The molecule has 4 heteroatoms. The molecule has 0 atom stereocenters. The molecule has 0 saturated heterocycles. The fourth-order valence-electron chi connectivity index (χ4n) is 6.52. The second kappa shape index (κ2) is 12.2. The van der Waals surface area contributed by atoms with Crippen LogP contribution in [0.25, 0.3) is 89.5 Å². The van der Waals surface area contributed by atoms with Crippen LogP contribution in [0.3, 0.4) is 0 Å². The molecule has 0 unspecified atom stereocenters. The minimum absolute atomic E-state index is 0.556. The summed E-state index contributed by atoms with van der Waals surface area (Å²) >= 11 is 0. The number of hydrogen-bond donors (Lipinski definition) is 0. The molecule has 0 saturated carbocycles. The van der Waals surface area contributed by atoms with Gasteiger partial charge in [0.15, 0.2) is 17.5 Å². The van der Waals surface area contributed by atoms with Crippen LogP contribution >= 0.6 is 0 Å². The zero-order chi connectivity index (χ0) is 32.6. The van der Waals surface area contributed by atoms with Crippen molar-refractivity contribution in [3.63, 3.8) is 0 Å². The van der Waals surface area contributed by atoms with E-state index in [1.54, 1.807) is 0 Å². The molecule has 0 aliphatic heterocycles. The Hall–Kier alpha value is -6.65. The van der Waals surface area contributed by atoms with Gasteiger partial charge in [-0.2, -0.15) is 0 Å². The fraction of sp³-hybridized carbons (Fsp3) is 0. The van der Waals surface area contributed by atoms with E-state index in [1.165, 1.54) is 0 Å². The van der Waals surface area contributed by atoms with Crippen LogP contribution in [-0.2, 0) is 0 Å². The number of nitrogens with zero attached hydrogens (tertiary/aromatic N) is 3. The van der Waals surface area contributed by atoms with Crippen molar-refractivity contribution in [1.29, 1.82) is 0 Å². The van der Waals surface area contributed by atoms with Crippen LogP contribution in [0.5, 0.6) is 0 Å². The number of benzene rings is 7. The lowest BCUT2D eigenvalue weighted by Gasteiger charge is -2.14. The Kier molecular flexibility index (Phi) is 7.10. The van der Waals surface area contributed by atoms with E-state index >= 15 is 0 Å². The molecule has 230 valence electrons. The molecule has 0 aliphatic carbocycles. The predicted octanol–water partition coefficient (Wildman–Crippen LogP) is 11.8. The van der Waals surface area contributed by atoms with Gasteiger partial charge in [0.1, 0.15) is 11.2 Å². The van der Waals surface area contributed by atoms with Crippen molar-refractivity contribution in [2.24, 2.45) is 0 Å². The van der Waals surface area contributed by atoms with Gasteiger partial charge < -0.3 is 4.42 Å². The van der Waals surface area contributed by atoms with Crippen molar-refractivity contribution in [3.8, 4) is 67.5 Å². The highest BCUT2D eigenvalue weighted by molar-refractivity contribution is 6.09. The zero-order valence-electron chi connectivity index (χ0n) is 26.5. The number of furan rings is 1. The lowest BCUT2D eigenvalue weighted by molar-refractivity contribution is 0.669. The lowest BCUT2D eigenvalue weighted by Crippen LogP contribution is -2.01. The Morgan fingerprint density at radius 1 is 0.306 bits per heavy atom. The second-order valence-corrected chi connectivity index (χ2v) is 12.0. The van der Waals surface area contributed by atoms with Crippen LogP contribution < -0.4 is 0 Å². The SMILES string of the molecule is c1ccc(-c2ccc(-c3nc(-c4cc(-c5ccccc5)ccc4-c4ccccc4)nc(-c4cccc5c4oc4ccccc45)n3)cc2)cc1. The molecular weight excluding hydrogens is 599 g/mol.